The molecule has 0 saturated heterocycles. The second kappa shape index (κ2) is 6.40. The first-order valence-corrected chi connectivity index (χ1v) is 8.86. The average Bonchev–Trinajstić information content (AvgIpc) is 3.31. The van der Waals surface area contributed by atoms with Crippen molar-refractivity contribution in [1.82, 2.24) is 29.2 Å². The van der Waals surface area contributed by atoms with Gasteiger partial charge in [0, 0.05) is 36.1 Å². The van der Waals surface area contributed by atoms with Gasteiger partial charge in [0.05, 0.1) is 18.9 Å². The highest BCUT2D eigenvalue weighted by atomic mass is 16.2. The summed E-state index contributed by atoms with van der Waals surface area (Å²) in [4.78, 5) is 18.8. The number of hydrogen-bond acceptors (Lipinski definition) is 4. The molecule has 0 N–H and O–H groups in total. The molecular weight excluding hydrogens is 328 g/mol. The van der Waals surface area contributed by atoms with Crippen LogP contribution in [-0.2, 0) is 6.54 Å². The number of fused-ring (bicyclic) bond motifs is 1. The number of imidazole rings is 1. The number of hydrogen-bond donors (Lipinski definition) is 0. The number of carbonyl (C=O) groups excluding carboxylic acids is 1. The molecule has 1 aromatic carbocycles. The molecule has 0 saturated carbocycles. The lowest BCUT2D eigenvalue weighted by Gasteiger charge is -2.33. The maximum absolute atomic E-state index is 12.9. The van der Waals surface area contributed by atoms with Crippen LogP contribution in [0.1, 0.15) is 54.7 Å². The van der Waals surface area contributed by atoms with Gasteiger partial charge in [-0.1, -0.05) is 13.8 Å². The maximum Gasteiger partial charge on any atom is 0.254 e. The predicted octanol–water partition coefficient (Wildman–Crippen LogP) is 2.80. The Kier molecular flexibility index (Phi) is 4.06. The molecule has 2 aromatic heterocycles. The third-order valence-electron chi connectivity index (χ3n) is 4.77. The van der Waals surface area contributed by atoms with E-state index in [4.69, 9.17) is 0 Å². The summed E-state index contributed by atoms with van der Waals surface area (Å²) in [5.74, 6) is 2.19. The minimum atomic E-state index is 0.0226. The Morgan fingerprint density at radius 2 is 1.96 bits per heavy atom. The molecule has 3 aromatic rings. The van der Waals surface area contributed by atoms with Crippen molar-refractivity contribution >= 4 is 5.91 Å². The molecule has 0 radical (unpaired) electrons. The van der Waals surface area contributed by atoms with Crippen LogP contribution in [0, 0.1) is 0 Å². The SMILES string of the molecule is CC(C)c1nnc2n1[C@@H](C)CN(C(=O)c1ccc(-n3ccnc3)cc1)C2. The summed E-state index contributed by atoms with van der Waals surface area (Å²) in [6.45, 7) is 7.49. The van der Waals surface area contributed by atoms with E-state index >= 15 is 0 Å². The van der Waals surface area contributed by atoms with Gasteiger partial charge in [-0.25, -0.2) is 4.98 Å². The summed E-state index contributed by atoms with van der Waals surface area (Å²) in [5, 5.41) is 8.63. The summed E-state index contributed by atoms with van der Waals surface area (Å²) in [5.41, 5.74) is 1.66. The predicted molar refractivity (Wildman–Crippen MR) is 97.1 cm³/mol. The Bertz CT molecular complexity index is 910. The monoisotopic (exact) mass is 350 g/mol. The van der Waals surface area contributed by atoms with Crippen LogP contribution in [0.3, 0.4) is 0 Å². The first-order chi connectivity index (χ1) is 12.5. The minimum absolute atomic E-state index is 0.0226. The molecule has 26 heavy (non-hydrogen) atoms. The summed E-state index contributed by atoms with van der Waals surface area (Å²) in [6, 6.07) is 7.76. The second-order valence-electron chi connectivity index (χ2n) is 7.05. The summed E-state index contributed by atoms with van der Waals surface area (Å²) in [7, 11) is 0. The van der Waals surface area contributed by atoms with Crippen molar-refractivity contribution in [2.75, 3.05) is 6.54 Å². The average molecular weight is 350 g/mol. The Balaban J connectivity index is 1.55. The van der Waals surface area contributed by atoms with Crippen molar-refractivity contribution in [3.05, 3.63) is 60.2 Å². The maximum atomic E-state index is 12.9. The number of aromatic nitrogens is 5. The quantitative estimate of drug-likeness (QED) is 0.728. The summed E-state index contributed by atoms with van der Waals surface area (Å²) in [6.07, 6.45) is 5.35. The number of nitrogens with zero attached hydrogens (tertiary/aromatic N) is 6. The van der Waals surface area contributed by atoms with Crippen LogP contribution >= 0.6 is 0 Å². The lowest BCUT2D eigenvalue weighted by atomic mass is 10.1. The fourth-order valence-electron chi connectivity index (χ4n) is 3.48. The zero-order chi connectivity index (χ0) is 18.3. The molecule has 7 nitrogen and oxygen atoms in total. The molecule has 1 aliphatic heterocycles. The summed E-state index contributed by atoms with van der Waals surface area (Å²) < 4.78 is 4.09. The topological polar surface area (TPSA) is 68.8 Å². The molecule has 1 amide bonds. The molecule has 0 spiro atoms. The van der Waals surface area contributed by atoms with Crippen LogP contribution < -0.4 is 0 Å². The minimum Gasteiger partial charge on any atom is -0.329 e. The molecule has 0 aliphatic carbocycles. The Morgan fingerprint density at radius 1 is 1.19 bits per heavy atom. The lowest BCUT2D eigenvalue weighted by molar-refractivity contribution is 0.0679. The van der Waals surface area contributed by atoms with Crippen LogP contribution in [0.5, 0.6) is 0 Å². The van der Waals surface area contributed by atoms with Crippen molar-refractivity contribution in [3.8, 4) is 5.69 Å². The Hall–Kier alpha value is -2.96. The van der Waals surface area contributed by atoms with E-state index in [9.17, 15) is 4.79 Å². The van der Waals surface area contributed by atoms with E-state index in [1.54, 1.807) is 12.5 Å². The largest absolute Gasteiger partial charge is 0.329 e. The van der Waals surface area contributed by atoms with Gasteiger partial charge in [0.2, 0.25) is 0 Å². The number of benzene rings is 1. The molecule has 0 bridgehead atoms. The van der Waals surface area contributed by atoms with E-state index in [0.717, 1.165) is 17.3 Å². The molecule has 0 fully saturated rings. The van der Waals surface area contributed by atoms with Gasteiger partial charge < -0.3 is 14.0 Å². The van der Waals surface area contributed by atoms with Crippen molar-refractivity contribution in [1.29, 1.82) is 0 Å². The van der Waals surface area contributed by atoms with Gasteiger partial charge in [-0.05, 0) is 31.2 Å². The van der Waals surface area contributed by atoms with Gasteiger partial charge >= 0.3 is 0 Å². The first kappa shape index (κ1) is 16.5. The van der Waals surface area contributed by atoms with Gasteiger partial charge in [-0.2, -0.15) is 0 Å². The fourth-order valence-corrected chi connectivity index (χ4v) is 3.48. The van der Waals surface area contributed by atoms with Gasteiger partial charge in [0.25, 0.3) is 5.91 Å². The van der Waals surface area contributed by atoms with Gasteiger partial charge in [-0.15, -0.1) is 10.2 Å². The smallest absolute Gasteiger partial charge is 0.254 e. The lowest BCUT2D eigenvalue weighted by Crippen LogP contribution is -2.40. The third kappa shape index (κ3) is 2.79. The van der Waals surface area contributed by atoms with Gasteiger partial charge in [0.15, 0.2) is 5.82 Å². The Morgan fingerprint density at radius 3 is 2.62 bits per heavy atom. The van der Waals surface area contributed by atoms with Crippen LogP contribution in [-0.4, -0.2) is 41.7 Å². The molecule has 1 aliphatic rings. The number of amides is 1. The van der Waals surface area contributed by atoms with Crippen LogP contribution in [0.15, 0.2) is 43.0 Å². The van der Waals surface area contributed by atoms with Crippen LogP contribution in [0.25, 0.3) is 5.69 Å². The van der Waals surface area contributed by atoms with E-state index in [0.29, 0.717) is 24.6 Å². The van der Waals surface area contributed by atoms with Crippen LogP contribution in [0.4, 0.5) is 0 Å². The van der Waals surface area contributed by atoms with Crippen LogP contribution in [0.2, 0.25) is 0 Å². The van der Waals surface area contributed by atoms with E-state index in [2.05, 4.69) is 40.5 Å². The summed E-state index contributed by atoms with van der Waals surface area (Å²) >= 11 is 0. The standard InChI is InChI=1S/C19H22N6O/c1-13(2)18-22-21-17-11-24(10-14(3)25(17)18)19(26)15-4-6-16(7-5-15)23-9-8-20-12-23/h4-9,12-14H,10-11H2,1-3H3/t14-/m0/s1. The number of rotatable bonds is 3. The van der Waals surface area contributed by atoms with Crippen molar-refractivity contribution in [2.45, 2.75) is 39.3 Å². The van der Waals surface area contributed by atoms with E-state index < -0.39 is 0 Å². The first-order valence-electron chi connectivity index (χ1n) is 8.86. The van der Waals surface area contributed by atoms with Crippen molar-refractivity contribution in [3.63, 3.8) is 0 Å². The Labute approximate surface area is 152 Å². The normalized spacial score (nSPS) is 16.8. The van der Waals surface area contributed by atoms with E-state index in [1.807, 2.05) is 39.9 Å². The highest BCUT2D eigenvalue weighted by Gasteiger charge is 2.30. The molecular formula is C19H22N6O. The molecule has 7 heteroatoms. The molecule has 0 unspecified atom stereocenters. The second-order valence-corrected chi connectivity index (χ2v) is 7.05. The highest BCUT2D eigenvalue weighted by Crippen LogP contribution is 2.26. The van der Waals surface area contributed by atoms with E-state index in [-0.39, 0.29) is 11.9 Å². The fraction of sp³-hybridized carbons (Fsp3) is 0.368. The molecule has 3 heterocycles. The molecule has 4 rings (SSSR count). The van der Waals surface area contributed by atoms with Gasteiger partial charge in [-0.3, -0.25) is 4.79 Å². The highest BCUT2D eigenvalue weighted by molar-refractivity contribution is 5.94. The van der Waals surface area contributed by atoms with Crippen molar-refractivity contribution in [2.24, 2.45) is 0 Å². The number of carbonyl (C=O) groups is 1. The van der Waals surface area contributed by atoms with E-state index in [1.165, 1.54) is 0 Å². The molecule has 1 atom stereocenters. The zero-order valence-corrected chi connectivity index (χ0v) is 15.2. The molecule has 134 valence electrons. The zero-order valence-electron chi connectivity index (χ0n) is 15.2. The van der Waals surface area contributed by atoms with Crippen molar-refractivity contribution < 1.29 is 4.79 Å². The third-order valence-corrected chi connectivity index (χ3v) is 4.77. The van der Waals surface area contributed by atoms with Gasteiger partial charge in [0.1, 0.15) is 5.82 Å².